The number of hydrogen-bond donors (Lipinski definition) is 1. The van der Waals surface area contributed by atoms with Crippen molar-refractivity contribution in [1.29, 1.82) is 0 Å². The molecule has 0 saturated carbocycles. The average molecular weight is 1190 g/mol. The lowest BCUT2D eigenvalue weighted by Crippen LogP contribution is -2.34. The molecule has 0 aliphatic heterocycles. The lowest BCUT2D eigenvalue weighted by Gasteiger charge is -2.39. The third-order valence-corrected chi connectivity index (χ3v) is 20.6. The summed E-state index contributed by atoms with van der Waals surface area (Å²) in [5.41, 5.74) is 17.7. The van der Waals surface area contributed by atoms with Gasteiger partial charge < -0.3 is 19.3 Å². The minimum atomic E-state index is -1.79. The second-order valence-corrected chi connectivity index (χ2v) is 26.6. The minimum Gasteiger partial charge on any atom is -0.498 e. The van der Waals surface area contributed by atoms with Gasteiger partial charge in [-0.15, -0.1) is 0 Å². The van der Waals surface area contributed by atoms with E-state index < -0.39 is 16.4 Å². The van der Waals surface area contributed by atoms with Crippen molar-refractivity contribution in [2.24, 2.45) is 23.7 Å². The zero-order chi connectivity index (χ0) is 62.7. The molecule has 0 heterocycles. The minimum absolute atomic E-state index is 0.427. The van der Waals surface area contributed by atoms with Crippen LogP contribution in [-0.2, 0) is 27.6 Å². The molecule has 90 heavy (non-hydrogen) atoms. The fraction of sp³-hybridized carbons (Fsp3) is 0.318. The van der Waals surface area contributed by atoms with Gasteiger partial charge in [-0.05, 0) is 175 Å². The number of fused-ring (bicyclic) bond motifs is 6. The van der Waals surface area contributed by atoms with Crippen molar-refractivity contribution in [3.8, 4) is 44.9 Å². The molecule has 0 saturated heterocycles. The molecule has 5 heteroatoms. The van der Waals surface area contributed by atoms with Crippen LogP contribution in [-0.4, -0.2) is 32.8 Å². The van der Waals surface area contributed by atoms with E-state index in [-0.39, 0.29) is 0 Å². The Balaban J connectivity index is 1.12. The topological polar surface area (TPSA) is 47.9 Å². The second kappa shape index (κ2) is 26.4. The highest BCUT2D eigenvalue weighted by atomic mass is 16.5. The van der Waals surface area contributed by atoms with Crippen LogP contribution in [0.15, 0.2) is 224 Å². The molecular formula is C85H89BO4. The summed E-state index contributed by atoms with van der Waals surface area (Å²) in [4.78, 5) is 0. The van der Waals surface area contributed by atoms with Crippen LogP contribution >= 0.6 is 0 Å². The van der Waals surface area contributed by atoms with Gasteiger partial charge in [0.25, 0.3) is 0 Å². The quantitative estimate of drug-likeness (QED) is 0.0484. The Morgan fingerprint density at radius 2 is 0.922 bits per heavy atom. The Kier molecular flexibility index (Phi) is 18.2. The third-order valence-electron chi connectivity index (χ3n) is 20.6. The SMILES string of the molecule is [B]c1ccc(-c2ccc(C)cc2)c(C(O)(c2ccc3c(c2)C(C2=CC=C(OCC(C)CC)CC2)(c2ccc(CCC(C)CC)cc2)c2ccccc2-3)c2ccc3c(c2)C(c2ccc(OCC(C)CC)cc2)(c2ccc(OCC(C)CC)cc2)c2ccccc2-3)c1. The van der Waals surface area contributed by atoms with E-state index in [4.69, 9.17) is 22.1 Å². The van der Waals surface area contributed by atoms with Gasteiger partial charge in [-0.2, -0.15) is 0 Å². The normalized spacial score (nSPS) is 18.4. The number of rotatable bonds is 24. The van der Waals surface area contributed by atoms with Gasteiger partial charge in [0.2, 0.25) is 0 Å². The van der Waals surface area contributed by atoms with Crippen LogP contribution < -0.4 is 14.9 Å². The number of allylic oxidation sites excluding steroid dienone is 4. The van der Waals surface area contributed by atoms with Crippen molar-refractivity contribution in [3.05, 3.63) is 290 Å². The van der Waals surface area contributed by atoms with Gasteiger partial charge in [0.05, 0.1) is 36.4 Å². The molecule has 0 aromatic heterocycles. The van der Waals surface area contributed by atoms with E-state index in [1.165, 1.54) is 39.8 Å². The fourth-order valence-corrected chi connectivity index (χ4v) is 14.2. The number of hydrogen-bond acceptors (Lipinski definition) is 4. The van der Waals surface area contributed by atoms with Gasteiger partial charge >= 0.3 is 0 Å². The Bertz CT molecular complexity index is 4000. The lowest BCUT2D eigenvalue weighted by molar-refractivity contribution is 0.126. The first-order valence-corrected chi connectivity index (χ1v) is 33.5. The summed E-state index contributed by atoms with van der Waals surface area (Å²) >= 11 is 0. The number of ether oxygens (including phenoxy) is 3. The second-order valence-electron chi connectivity index (χ2n) is 26.6. The summed E-state index contributed by atoms with van der Waals surface area (Å²) < 4.78 is 19.5. The van der Waals surface area contributed by atoms with Crippen LogP contribution in [0.5, 0.6) is 11.5 Å². The van der Waals surface area contributed by atoms with Crippen LogP contribution in [0.25, 0.3) is 33.4 Å². The molecule has 6 unspecified atom stereocenters. The van der Waals surface area contributed by atoms with E-state index in [0.717, 1.165) is 129 Å². The highest BCUT2D eigenvalue weighted by Crippen LogP contribution is 2.61. The van der Waals surface area contributed by atoms with Crippen molar-refractivity contribution in [1.82, 2.24) is 0 Å². The van der Waals surface area contributed by atoms with Gasteiger partial charge in [0.1, 0.15) is 24.9 Å². The molecule has 9 aromatic carbocycles. The summed E-state index contributed by atoms with van der Waals surface area (Å²) in [6.45, 7) is 22.1. The zero-order valence-electron chi connectivity index (χ0n) is 54.5. The standard InChI is InChI=1S/C85H89BO4/c1-10-56(5)22-25-61-26-30-63(31-27-61)83(64-32-41-70(42-33-64)88-53-57(6)11-2)78-20-16-14-18-74(78)76-47-38-67(50-80(76)83)85(87,82-52-69(86)40-49-73(82)62-28-23-60(9)24-29-62)68-39-48-77-75-19-15-17-21-79(75)84(81(77)51-68,65-34-43-71(44-35-65)89-54-58(7)12-3)66-36-45-72(46-37-66)90-55-59(8)13-4/h14-21,23-24,26-32,34-41,43-52,56-59,87H,10-13,22,25,33,42,53-55H2,1-9H3. The Morgan fingerprint density at radius 1 is 0.456 bits per heavy atom. The molecule has 0 bridgehead atoms. The average Bonchev–Trinajstić information content (AvgIpc) is 1.51. The maximum atomic E-state index is 15.3. The highest BCUT2D eigenvalue weighted by molar-refractivity contribution is 6.32. The molecule has 1 N–H and O–H groups in total. The predicted molar refractivity (Wildman–Crippen MR) is 375 cm³/mol. The summed E-state index contributed by atoms with van der Waals surface area (Å²) in [5.74, 6) is 4.68. The summed E-state index contributed by atoms with van der Waals surface area (Å²) in [6.07, 6.45) is 12.7. The van der Waals surface area contributed by atoms with Crippen LogP contribution in [0.2, 0.25) is 0 Å². The number of benzene rings is 9. The van der Waals surface area contributed by atoms with E-state index in [2.05, 4.69) is 263 Å². The zero-order valence-corrected chi connectivity index (χ0v) is 54.5. The first-order chi connectivity index (χ1) is 43.7. The molecule has 2 radical (unpaired) electrons. The van der Waals surface area contributed by atoms with Gasteiger partial charge in [-0.3, -0.25) is 0 Å². The van der Waals surface area contributed by atoms with Crippen molar-refractivity contribution in [2.45, 2.75) is 130 Å². The third kappa shape index (κ3) is 11.4. The number of aryl methyl sites for hydroxylation is 2. The number of aliphatic hydroxyl groups is 1. The highest BCUT2D eigenvalue weighted by Gasteiger charge is 2.51. The van der Waals surface area contributed by atoms with Gasteiger partial charge in [0.15, 0.2) is 0 Å². The molecule has 3 aliphatic rings. The van der Waals surface area contributed by atoms with Crippen LogP contribution in [0.3, 0.4) is 0 Å². The maximum absolute atomic E-state index is 15.3. The Hall–Kier alpha value is -8.12. The fourth-order valence-electron chi connectivity index (χ4n) is 14.2. The molecule has 6 atom stereocenters. The maximum Gasteiger partial charge on any atom is 0.141 e. The smallest absolute Gasteiger partial charge is 0.141 e. The van der Waals surface area contributed by atoms with Crippen molar-refractivity contribution in [2.75, 3.05) is 19.8 Å². The first kappa shape index (κ1) is 62.1. The van der Waals surface area contributed by atoms with Crippen LogP contribution in [0.1, 0.15) is 167 Å². The van der Waals surface area contributed by atoms with Gasteiger partial charge in [-0.25, -0.2) is 0 Å². The van der Waals surface area contributed by atoms with Gasteiger partial charge in [-0.1, -0.05) is 280 Å². The Morgan fingerprint density at radius 3 is 1.44 bits per heavy atom. The molecule has 4 nitrogen and oxygen atoms in total. The van der Waals surface area contributed by atoms with Crippen molar-refractivity contribution < 1.29 is 19.3 Å². The molecule has 456 valence electrons. The van der Waals surface area contributed by atoms with E-state index in [1.807, 2.05) is 12.1 Å². The largest absolute Gasteiger partial charge is 0.498 e. The lowest BCUT2D eigenvalue weighted by atomic mass is 9.64. The monoisotopic (exact) mass is 1180 g/mol. The summed E-state index contributed by atoms with van der Waals surface area (Å²) in [6, 6.07) is 73.3. The molecular weight excluding hydrogens is 1100 g/mol. The van der Waals surface area contributed by atoms with Crippen molar-refractivity contribution >= 4 is 13.3 Å². The molecule has 0 spiro atoms. The molecule has 0 fully saturated rings. The van der Waals surface area contributed by atoms with Crippen LogP contribution in [0.4, 0.5) is 0 Å². The van der Waals surface area contributed by atoms with Crippen LogP contribution in [0, 0.1) is 30.6 Å². The first-order valence-electron chi connectivity index (χ1n) is 33.5. The van der Waals surface area contributed by atoms with Crippen molar-refractivity contribution in [3.63, 3.8) is 0 Å². The molecule has 12 rings (SSSR count). The van der Waals surface area contributed by atoms with E-state index in [9.17, 15) is 0 Å². The van der Waals surface area contributed by atoms with E-state index in [0.29, 0.717) is 54.5 Å². The van der Waals surface area contributed by atoms with Gasteiger partial charge in [0, 0.05) is 6.42 Å². The predicted octanol–water partition coefficient (Wildman–Crippen LogP) is 19.9. The molecule has 3 aliphatic carbocycles. The van der Waals surface area contributed by atoms with E-state index >= 15 is 5.11 Å². The van der Waals surface area contributed by atoms with E-state index in [1.54, 1.807) is 0 Å². The molecule has 0 amide bonds. The molecule has 9 aromatic rings. The summed E-state index contributed by atoms with van der Waals surface area (Å²) in [5, 5.41) is 15.3. The summed E-state index contributed by atoms with van der Waals surface area (Å²) in [7, 11) is 7.07. The Labute approximate surface area is 538 Å².